The maximum absolute atomic E-state index is 12.4. The number of hydrogen-bond acceptors (Lipinski definition) is 6. The molecule has 29 heavy (non-hydrogen) atoms. The Morgan fingerprint density at radius 3 is 2.69 bits per heavy atom. The number of anilines is 1. The van der Waals surface area contributed by atoms with Crippen LogP contribution >= 0.6 is 0 Å². The van der Waals surface area contributed by atoms with E-state index in [1.165, 1.54) is 0 Å². The number of aromatic nitrogens is 1. The highest BCUT2D eigenvalue weighted by Crippen LogP contribution is 2.23. The molecule has 1 atom stereocenters. The molecule has 0 aliphatic carbocycles. The van der Waals surface area contributed by atoms with E-state index >= 15 is 0 Å². The Morgan fingerprint density at radius 2 is 2.03 bits per heavy atom. The van der Waals surface area contributed by atoms with Crippen LogP contribution in [0.5, 0.6) is 0 Å². The van der Waals surface area contributed by atoms with Gasteiger partial charge in [0.1, 0.15) is 11.4 Å². The highest BCUT2D eigenvalue weighted by Gasteiger charge is 2.20. The number of amides is 1. The smallest absolute Gasteiger partial charge is 0.240 e. The number of sulfonamides is 1. The van der Waals surface area contributed by atoms with Crippen LogP contribution in [0.3, 0.4) is 0 Å². The van der Waals surface area contributed by atoms with Crippen molar-refractivity contribution in [3.05, 3.63) is 41.3 Å². The normalized spacial score (nSPS) is 17.1. The van der Waals surface area contributed by atoms with Crippen LogP contribution in [0.4, 0.5) is 5.69 Å². The van der Waals surface area contributed by atoms with Crippen molar-refractivity contribution in [2.24, 2.45) is 0 Å². The summed E-state index contributed by atoms with van der Waals surface area (Å²) in [6.45, 7) is 4.47. The number of nitrogens with zero attached hydrogens (tertiary/aromatic N) is 1. The second-order valence-corrected chi connectivity index (χ2v) is 8.57. The molecule has 1 aliphatic rings. The number of carbonyl (C=O) groups is 1. The van der Waals surface area contributed by atoms with Crippen LogP contribution in [0.2, 0.25) is 0 Å². The lowest BCUT2D eigenvalue weighted by Gasteiger charge is -2.11. The Morgan fingerprint density at radius 1 is 1.28 bits per heavy atom. The third-order valence-electron chi connectivity index (χ3n) is 4.62. The van der Waals surface area contributed by atoms with Gasteiger partial charge in [0.25, 0.3) is 0 Å². The van der Waals surface area contributed by atoms with Crippen molar-refractivity contribution in [1.82, 2.24) is 9.88 Å². The Labute approximate surface area is 170 Å². The van der Waals surface area contributed by atoms with Gasteiger partial charge in [0.15, 0.2) is 5.76 Å². The second kappa shape index (κ2) is 9.34. The lowest BCUT2D eigenvalue weighted by molar-refractivity contribution is -0.115. The average molecular weight is 420 g/mol. The predicted octanol–water partition coefficient (Wildman–Crippen LogP) is 2.96. The molecule has 0 bridgehead atoms. The molecule has 156 valence electrons. The average Bonchev–Trinajstić information content (AvgIpc) is 3.36. The van der Waals surface area contributed by atoms with Crippen LogP contribution in [-0.2, 0) is 19.6 Å². The maximum atomic E-state index is 12.4. The summed E-state index contributed by atoms with van der Waals surface area (Å²) in [5.41, 5.74) is 1.90. The molecule has 2 heterocycles. The van der Waals surface area contributed by atoms with Crippen molar-refractivity contribution >= 4 is 33.8 Å². The summed E-state index contributed by atoms with van der Waals surface area (Å²) in [5.74, 6) is 0.301. The van der Waals surface area contributed by atoms with Gasteiger partial charge in [-0.15, -0.1) is 0 Å². The Hall–Kier alpha value is -2.49. The van der Waals surface area contributed by atoms with Crippen LogP contribution in [0.25, 0.3) is 12.2 Å². The van der Waals surface area contributed by atoms with Gasteiger partial charge in [0.2, 0.25) is 15.9 Å². The number of ether oxygens (including phenoxy) is 1. The summed E-state index contributed by atoms with van der Waals surface area (Å²) in [5, 5.41) is 6.64. The molecule has 1 unspecified atom stereocenters. The summed E-state index contributed by atoms with van der Waals surface area (Å²) >= 11 is 0. The first-order chi connectivity index (χ1) is 13.9. The molecule has 8 nitrogen and oxygen atoms in total. The Kier molecular flexibility index (Phi) is 6.83. The second-order valence-electron chi connectivity index (χ2n) is 6.80. The van der Waals surface area contributed by atoms with Gasteiger partial charge in [-0.05, 0) is 43.5 Å². The standard InChI is InChI=1S/C20H25N3O5S/c1-3-19(24)22-20-14(2)23-28-18(20)11-8-15-6-9-17(10-7-15)29(25,26)21-13-16-5-4-12-27-16/h6-11,16,21H,3-5,12-13H2,1-2H3,(H,22,24)/b11-8-. The molecule has 0 radical (unpaired) electrons. The zero-order valence-electron chi connectivity index (χ0n) is 16.5. The molecular formula is C20H25N3O5S. The molecule has 1 aliphatic heterocycles. The maximum Gasteiger partial charge on any atom is 0.240 e. The highest BCUT2D eigenvalue weighted by molar-refractivity contribution is 7.89. The van der Waals surface area contributed by atoms with E-state index in [1.54, 1.807) is 50.3 Å². The number of hydrogen-bond donors (Lipinski definition) is 2. The molecule has 0 spiro atoms. The van der Waals surface area contributed by atoms with Gasteiger partial charge in [0, 0.05) is 19.6 Å². The van der Waals surface area contributed by atoms with E-state index in [0.717, 1.165) is 18.4 Å². The van der Waals surface area contributed by atoms with E-state index < -0.39 is 10.0 Å². The van der Waals surface area contributed by atoms with Crippen LogP contribution in [-0.4, -0.2) is 38.7 Å². The Balaban J connectivity index is 1.67. The van der Waals surface area contributed by atoms with Crippen molar-refractivity contribution in [1.29, 1.82) is 0 Å². The lowest BCUT2D eigenvalue weighted by atomic mass is 10.2. The summed E-state index contributed by atoms with van der Waals surface area (Å²) in [6, 6.07) is 6.49. The van der Waals surface area contributed by atoms with Crippen LogP contribution in [0.1, 0.15) is 43.2 Å². The minimum absolute atomic E-state index is 0.0558. The molecule has 2 N–H and O–H groups in total. The third kappa shape index (κ3) is 5.53. The van der Waals surface area contributed by atoms with E-state index in [4.69, 9.17) is 9.26 Å². The molecule has 1 aromatic carbocycles. The van der Waals surface area contributed by atoms with Gasteiger partial charge in [-0.2, -0.15) is 0 Å². The van der Waals surface area contributed by atoms with Crippen molar-refractivity contribution in [3.63, 3.8) is 0 Å². The molecule has 0 saturated carbocycles. The number of carbonyl (C=O) groups excluding carboxylic acids is 1. The molecular weight excluding hydrogens is 394 g/mol. The van der Waals surface area contributed by atoms with Gasteiger partial charge in [0.05, 0.1) is 11.0 Å². The summed E-state index contributed by atoms with van der Waals surface area (Å²) < 4.78 is 38.1. The largest absolute Gasteiger partial charge is 0.377 e. The minimum atomic E-state index is -3.58. The van der Waals surface area contributed by atoms with E-state index in [0.29, 0.717) is 30.2 Å². The molecule has 1 saturated heterocycles. The molecule has 1 aromatic heterocycles. The van der Waals surface area contributed by atoms with Gasteiger partial charge in [-0.3, -0.25) is 4.79 Å². The van der Waals surface area contributed by atoms with Crippen molar-refractivity contribution in [3.8, 4) is 0 Å². The quantitative estimate of drug-likeness (QED) is 0.681. The Bertz CT molecular complexity index is 974. The van der Waals surface area contributed by atoms with Crippen molar-refractivity contribution < 1.29 is 22.5 Å². The fraction of sp³-hybridized carbons (Fsp3) is 0.400. The minimum Gasteiger partial charge on any atom is -0.377 e. The fourth-order valence-electron chi connectivity index (χ4n) is 2.90. The zero-order valence-corrected chi connectivity index (χ0v) is 17.3. The van der Waals surface area contributed by atoms with Crippen molar-refractivity contribution in [2.45, 2.75) is 44.1 Å². The van der Waals surface area contributed by atoms with E-state index in [9.17, 15) is 13.2 Å². The molecule has 1 fully saturated rings. The third-order valence-corrected chi connectivity index (χ3v) is 6.06. The predicted molar refractivity (Wildman–Crippen MR) is 110 cm³/mol. The van der Waals surface area contributed by atoms with E-state index in [-0.39, 0.29) is 23.5 Å². The highest BCUT2D eigenvalue weighted by atomic mass is 32.2. The number of nitrogens with one attached hydrogen (secondary N) is 2. The van der Waals surface area contributed by atoms with Crippen LogP contribution in [0.15, 0.2) is 33.7 Å². The molecule has 2 aromatic rings. The first kappa shape index (κ1) is 21.2. The van der Waals surface area contributed by atoms with Crippen LogP contribution < -0.4 is 10.0 Å². The summed E-state index contributed by atoms with van der Waals surface area (Å²) in [4.78, 5) is 11.8. The topological polar surface area (TPSA) is 111 Å². The van der Waals surface area contributed by atoms with Gasteiger partial charge >= 0.3 is 0 Å². The fourth-order valence-corrected chi connectivity index (χ4v) is 3.97. The van der Waals surface area contributed by atoms with Gasteiger partial charge in [-0.25, -0.2) is 13.1 Å². The first-order valence-electron chi connectivity index (χ1n) is 9.54. The summed E-state index contributed by atoms with van der Waals surface area (Å²) in [7, 11) is -3.58. The van der Waals surface area contributed by atoms with Crippen molar-refractivity contribution in [2.75, 3.05) is 18.5 Å². The number of benzene rings is 1. The van der Waals surface area contributed by atoms with Crippen LogP contribution in [0, 0.1) is 6.92 Å². The monoisotopic (exact) mass is 419 g/mol. The molecule has 3 rings (SSSR count). The number of rotatable bonds is 8. The van der Waals surface area contributed by atoms with E-state index in [1.807, 2.05) is 0 Å². The lowest BCUT2D eigenvalue weighted by Crippen LogP contribution is -2.31. The molecule has 9 heteroatoms. The van der Waals surface area contributed by atoms with E-state index in [2.05, 4.69) is 15.2 Å². The first-order valence-corrected chi connectivity index (χ1v) is 11.0. The summed E-state index contributed by atoms with van der Waals surface area (Å²) in [6.07, 6.45) is 5.57. The zero-order chi connectivity index (χ0) is 20.9. The molecule has 1 amide bonds. The SMILES string of the molecule is CCC(=O)Nc1c(C)noc1/C=C\c1ccc(S(=O)(=O)NCC2CCCO2)cc1. The number of aryl methyl sites for hydroxylation is 1. The van der Waals surface area contributed by atoms with Gasteiger partial charge in [-0.1, -0.05) is 30.3 Å². The van der Waals surface area contributed by atoms with Gasteiger partial charge < -0.3 is 14.6 Å².